The van der Waals surface area contributed by atoms with Crippen molar-refractivity contribution in [2.75, 3.05) is 10.0 Å². The molecule has 0 bridgehead atoms. The molecule has 0 N–H and O–H groups in total. The van der Waals surface area contributed by atoms with Gasteiger partial charge in [-0.15, -0.1) is 0 Å². The van der Waals surface area contributed by atoms with Gasteiger partial charge < -0.3 is 0 Å². The van der Waals surface area contributed by atoms with E-state index in [0.717, 1.165) is 22.3 Å². The monoisotopic (exact) mass is 554 g/mol. The topological polar surface area (TPSA) is 65.3 Å². The van der Waals surface area contributed by atoms with Crippen LogP contribution in [0.25, 0.3) is 0 Å². The summed E-state index contributed by atoms with van der Waals surface area (Å²) < 4.78 is 0. The number of hydrogen-bond acceptors (Lipinski definition) is 4. The molecule has 0 radical (unpaired) electrons. The van der Waals surface area contributed by atoms with Gasteiger partial charge in [-0.1, -0.05) is 84.9 Å². The zero-order chi connectivity index (χ0) is 29.5. The summed E-state index contributed by atoms with van der Waals surface area (Å²) in [5, 5.41) is 12.8. The number of hydrogen-bond donors (Lipinski definition) is 0. The molecule has 6 rings (SSSR count). The van der Waals surface area contributed by atoms with Gasteiger partial charge in [-0.05, 0) is 87.1 Å². The zero-order valence-electron chi connectivity index (χ0n) is 24.4. The van der Waals surface area contributed by atoms with Crippen LogP contribution in [-0.2, 0) is 22.4 Å². The predicted octanol–water partition coefficient (Wildman–Crippen LogP) is 6.91. The van der Waals surface area contributed by atoms with Crippen molar-refractivity contribution in [1.82, 2.24) is 0 Å². The lowest BCUT2D eigenvalue weighted by Crippen LogP contribution is -2.62. The molecule has 2 unspecified atom stereocenters. The molecule has 42 heavy (non-hydrogen) atoms. The highest BCUT2D eigenvalue weighted by Crippen LogP contribution is 2.55. The molecule has 0 fully saturated rings. The molecule has 2 heterocycles. The molecule has 0 spiro atoms. The minimum atomic E-state index is -1.33. The standard InChI is InChI=1S/C36H34N4O2/c1-25-15-11-13-17-29(25)23-35(27(3)37-39(33(35)41)31-19-7-5-8-20-31)36(24-30-18-14-12-16-26(30)2)28(4)38-40(34(36)42)32-21-9-6-10-22-32/h5-22H,23-24H2,1-4H3. The van der Waals surface area contributed by atoms with Crippen molar-refractivity contribution in [2.24, 2.45) is 21.0 Å². The highest BCUT2D eigenvalue weighted by molar-refractivity contribution is 6.30. The summed E-state index contributed by atoms with van der Waals surface area (Å²) in [6.07, 6.45) is 0.620. The van der Waals surface area contributed by atoms with Gasteiger partial charge in [-0.2, -0.15) is 20.2 Å². The normalized spacial score (nSPS) is 22.0. The highest BCUT2D eigenvalue weighted by atomic mass is 16.2. The second-order valence-corrected chi connectivity index (χ2v) is 11.3. The van der Waals surface area contributed by atoms with Gasteiger partial charge in [0.1, 0.15) is 10.8 Å². The quantitative estimate of drug-likeness (QED) is 0.249. The smallest absolute Gasteiger partial charge is 0.261 e. The van der Waals surface area contributed by atoms with E-state index in [0.29, 0.717) is 35.6 Å². The Morgan fingerprint density at radius 3 is 1.19 bits per heavy atom. The average Bonchev–Trinajstić information content (AvgIpc) is 3.41. The fraction of sp³-hybridized carbons (Fsp3) is 0.222. The Balaban J connectivity index is 1.63. The molecule has 2 atom stereocenters. The van der Waals surface area contributed by atoms with Gasteiger partial charge in [-0.25, -0.2) is 0 Å². The average molecular weight is 555 g/mol. The number of benzene rings is 4. The van der Waals surface area contributed by atoms with E-state index in [-0.39, 0.29) is 11.8 Å². The van der Waals surface area contributed by atoms with Crippen LogP contribution in [0, 0.1) is 24.7 Å². The Morgan fingerprint density at radius 2 is 0.833 bits per heavy atom. The van der Waals surface area contributed by atoms with Crippen LogP contribution in [0.2, 0.25) is 0 Å². The summed E-state index contributed by atoms with van der Waals surface area (Å²) in [7, 11) is 0. The van der Waals surface area contributed by atoms with Gasteiger partial charge in [-0.3, -0.25) is 9.59 Å². The maximum Gasteiger partial charge on any atom is 0.261 e. The van der Waals surface area contributed by atoms with Crippen molar-refractivity contribution < 1.29 is 9.59 Å². The third kappa shape index (κ3) is 4.09. The first-order valence-electron chi connectivity index (χ1n) is 14.3. The van der Waals surface area contributed by atoms with E-state index in [1.54, 1.807) is 0 Å². The third-order valence-corrected chi connectivity index (χ3v) is 9.01. The van der Waals surface area contributed by atoms with E-state index in [1.807, 2.05) is 137 Å². The van der Waals surface area contributed by atoms with E-state index in [1.165, 1.54) is 10.0 Å². The van der Waals surface area contributed by atoms with Gasteiger partial charge in [0, 0.05) is 0 Å². The molecule has 2 amide bonds. The molecule has 4 aromatic rings. The Kier molecular flexibility index (Phi) is 6.85. The number of carbonyl (C=O) groups excluding carboxylic acids is 2. The molecule has 4 aromatic carbocycles. The number of para-hydroxylation sites is 2. The van der Waals surface area contributed by atoms with Crippen LogP contribution in [0.1, 0.15) is 36.1 Å². The molecule has 0 saturated carbocycles. The zero-order valence-corrected chi connectivity index (χ0v) is 24.4. The van der Waals surface area contributed by atoms with Gasteiger partial charge in [0.05, 0.1) is 22.8 Å². The molecule has 6 heteroatoms. The summed E-state index contributed by atoms with van der Waals surface area (Å²) >= 11 is 0. The Labute approximate surface area is 247 Å². The first-order valence-corrected chi connectivity index (χ1v) is 14.3. The molecule has 0 aliphatic carbocycles. The molecule has 2 aliphatic rings. The van der Waals surface area contributed by atoms with Crippen molar-refractivity contribution in [3.05, 3.63) is 131 Å². The van der Waals surface area contributed by atoms with E-state index >= 15 is 9.59 Å². The van der Waals surface area contributed by atoms with Crippen molar-refractivity contribution in [1.29, 1.82) is 0 Å². The number of rotatable bonds is 7. The van der Waals surface area contributed by atoms with Crippen molar-refractivity contribution >= 4 is 34.6 Å². The number of anilines is 2. The van der Waals surface area contributed by atoms with E-state index < -0.39 is 10.8 Å². The second-order valence-electron chi connectivity index (χ2n) is 11.3. The molecular weight excluding hydrogens is 520 g/mol. The van der Waals surface area contributed by atoms with Gasteiger partial charge in [0.2, 0.25) is 0 Å². The number of aryl methyl sites for hydroxylation is 2. The largest absolute Gasteiger partial charge is 0.271 e. The van der Waals surface area contributed by atoms with Gasteiger partial charge in [0.25, 0.3) is 11.8 Å². The summed E-state index contributed by atoms with van der Waals surface area (Å²) in [6.45, 7) is 7.88. The fourth-order valence-corrected chi connectivity index (χ4v) is 6.60. The molecular formula is C36H34N4O2. The lowest BCUT2D eigenvalue weighted by Gasteiger charge is -2.44. The molecule has 0 aromatic heterocycles. The van der Waals surface area contributed by atoms with E-state index in [4.69, 9.17) is 10.2 Å². The van der Waals surface area contributed by atoms with Crippen molar-refractivity contribution in [2.45, 2.75) is 40.5 Å². The minimum absolute atomic E-state index is 0.221. The summed E-state index contributed by atoms with van der Waals surface area (Å²) in [5.74, 6) is -0.443. The Bertz CT molecular complexity index is 1600. The van der Waals surface area contributed by atoms with Gasteiger partial charge in [0.15, 0.2) is 0 Å². The van der Waals surface area contributed by atoms with E-state index in [9.17, 15) is 0 Å². The number of hydrazone groups is 2. The highest BCUT2D eigenvalue weighted by Gasteiger charge is 2.70. The van der Waals surface area contributed by atoms with Crippen LogP contribution < -0.4 is 10.0 Å². The molecule has 210 valence electrons. The lowest BCUT2D eigenvalue weighted by molar-refractivity contribution is -0.137. The van der Waals surface area contributed by atoms with Crippen molar-refractivity contribution in [3.63, 3.8) is 0 Å². The molecule has 2 aliphatic heterocycles. The van der Waals surface area contributed by atoms with Crippen LogP contribution >= 0.6 is 0 Å². The van der Waals surface area contributed by atoms with Crippen LogP contribution in [0.3, 0.4) is 0 Å². The van der Waals surface area contributed by atoms with Crippen molar-refractivity contribution in [3.8, 4) is 0 Å². The first-order chi connectivity index (χ1) is 20.3. The number of nitrogens with zero attached hydrogens (tertiary/aromatic N) is 4. The summed E-state index contributed by atoms with van der Waals surface area (Å²) in [4.78, 5) is 30.3. The molecule has 6 nitrogen and oxygen atoms in total. The van der Waals surface area contributed by atoms with E-state index in [2.05, 4.69) is 0 Å². The lowest BCUT2D eigenvalue weighted by atomic mass is 9.53. The fourth-order valence-electron chi connectivity index (χ4n) is 6.60. The van der Waals surface area contributed by atoms with Crippen LogP contribution in [0.15, 0.2) is 119 Å². The van der Waals surface area contributed by atoms with Crippen LogP contribution in [0.5, 0.6) is 0 Å². The summed E-state index contributed by atoms with van der Waals surface area (Å²) in [6, 6.07) is 35.0. The number of carbonyl (C=O) groups is 2. The second kappa shape index (κ2) is 10.5. The van der Waals surface area contributed by atoms with Gasteiger partial charge >= 0.3 is 0 Å². The Morgan fingerprint density at radius 1 is 0.500 bits per heavy atom. The third-order valence-electron chi connectivity index (χ3n) is 9.01. The maximum absolute atomic E-state index is 15.1. The first kappa shape index (κ1) is 27.3. The number of amides is 2. The minimum Gasteiger partial charge on any atom is -0.271 e. The molecule has 0 saturated heterocycles. The SMILES string of the molecule is CC1=NN(c2ccccc2)C(=O)C1(Cc1ccccc1C)C1(Cc2ccccc2C)C(=O)N(c2ccccc2)N=C1C. The van der Waals surface area contributed by atoms with Crippen LogP contribution in [0.4, 0.5) is 11.4 Å². The summed E-state index contributed by atoms with van der Waals surface area (Å²) in [5.41, 5.74) is 3.99. The maximum atomic E-state index is 15.1. The Hall–Kier alpha value is -4.84. The predicted molar refractivity (Wildman–Crippen MR) is 169 cm³/mol. The van der Waals surface area contributed by atoms with Crippen LogP contribution in [-0.4, -0.2) is 23.2 Å².